The third-order valence-electron chi connectivity index (χ3n) is 2.94. The Labute approximate surface area is 151 Å². The summed E-state index contributed by atoms with van der Waals surface area (Å²) in [7, 11) is 1.35. The second-order valence-electron chi connectivity index (χ2n) is 4.95. The summed E-state index contributed by atoms with van der Waals surface area (Å²) in [5.41, 5.74) is 0. The first-order valence-corrected chi connectivity index (χ1v) is 7.45. The van der Waals surface area contributed by atoms with Crippen LogP contribution in [0.2, 0.25) is 0 Å². The number of esters is 1. The molecule has 0 spiro atoms. The van der Waals surface area contributed by atoms with E-state index in [1.165, 1.54) is 31.4 Å². The number of hydrogen-bond donors (Lipinski definition) is 0. The summed E-state index contributed by atoms with van der Waals surface area (Å²) in [6, 6.07) is 10.8. The van der Waals surface area contributed by atoms with Gasteiger partial charge in [-0.05, 0) is 24.3 Å². The zero-order valence-electron chi connectivity index (χ0n) is 13.9. The minimum absolute atomic E-state index is 0.00787. The normalized spacial score (nSPS) is 11.5. The Hall–Kier alpha value is -3.23. The summed E-state index contributed by atoms with van der Waals surface area (Å²) in [4.78, 5) is 11.6. The van der Waals surface area contributed by atoms with Gasteiger partial charge in [0.1, 0.15) is 11.5 Å². The first kappa shape index (κ1) is 20.1. The third kappa shape index (κ3) is 5.91. The van der Waals surface area contributed by atoms with Gasteiger partial charge in [-0.15, -0.1) is 0 Å². The maximum absolute atomic E-state index is 13.0. The van der Waals surface area contributed by atoms with Crippen molar-refractivity contribution in [3.8, 4) is 23.0 Å². The van der Waals surface area contributed by atoms with Crippen LogP contribution in [0.3, 0.4) is 0 Å². The maximum atomic E-state index is 13.0. The molecular weight excluding hydrogens is 372 g/mol. The number of ether oxygens (including phenoxy) is 4. The zero-order valence-corrected chi connectivity index (χ0v) is 13.9. The van der Waals surface area contributed by atoms with Crippen LogP contribution in [0.5, 0.6) is 23.0 Å². The minimum Gasteiger partial charge on any atom is -0.504 e. The predicted molar refractivity (Wildman–Crippen MR) is 86.3 cm³/mol. The van der Waals surface area contributed by atoms with Crippen molar-refractivity contribution < 1.29 is 41.3 Å². The van der Waals surface area contributed by atoms with Gasteiger partial charge >= 0.3 is 18.5 Å². The largest absolute Gasteiger partial charge is 0.504 e. The number of alkyl halides is 4. The molecule has 9 heteroatoms. The van der Waals surface area contributed by atoms with E-state index in [9.17, 15) is 22.4 Å². The van der Waals surface area contributed by atoms with Gasteiger partial charge in [-0.2, -0.15) is 17.6 Å². The molecule has 0 heterocycles. The fourth-order valence-corrected chi connectivity index (χ4v) is 1.81. The molecule has 0 aliphatic carbocycles. The van der Waals surface area contributed by atoms with Gasteiger partial charge in [0.25, 0.3) is 0 Å². The van der Waals surface area contributed by atoms with E-state index < -0.39 is 24.3 Å². The Morgan fingerprint density at radius 3 is 2.37 bits per heavy atom. The highest BCUT2D eigenvalue weighted by molar-refractivity contribution is 5.84. The van der Waals surface area contributed by atoms with E-state index in [-0.39, 0.29) is 17.2 Å². The van der Waals surface area contributed by atoms with Crippen molar-refractivity contribution in [1.82, 2.24) is 0 Å². The van der Waals surface area contributed by atoms with E-state index >= 15 is 0 Å². The summed E-state index contributed by atoms with van der Waals surface area (Å²) in [6.07, 6.45) is -6.46. The third-order valence-corrected chi connectivity index (χ3v) is 2.94. The highest BCUT2D eigenvalue weighted by Crippen LogP contribution is 2.34. The number of methoxy groups -OCH3 is 1. The van der Waals surface area contributed by atoms with E-state index in [4.69, 9.17) is 9.47 Å². The van der Waals surface area contributed by atoms with Gasteiger partial charge in [0.2, 0.25) is 0 Å². The summed E-state index contributed by atoms with van der Waals surface area (Å²) in [6.45, 7) is 0. The molecular formula is C18H14F4O5. The predicted octanol–water partition coefficient (Wildman–Crippen LogP) is 4.78. The maximum Gasteiger partial charge on any atom is 0.461 e. The van der Waals surface area contributed by atoms with Gasteiger partial charge in [-0.1, -0.05) is 18.2 Å². The van der Waals surface area contributed by atoms with Crippen LogP contribution in [0.1, 0.15) is 0 Å². The van der Waals surface area contributed by atoms with Gasteiger partial charge in [0.15, 0.2) is 11.5 Å². The van der Waals surface area contributed by atoms with Gasteiger partial charge < -0.3 is 18.9 Å². The molecule has 0 radical (unpaired) electrons. The van der Waals surface area contributed by atoms with Gasteiger partial charge in [-0.3, -0.25) is 0 Å². The average molecular weight is 386 g/mol. The fraction of sp³-hybridized carbons (Fsp3) is 0.167. The molecule has 0 unspecified atom stereocenters. The average Bonchev–Trinajstić information content (AvgIpc) is 2.61. The van der Waals surface area contributed by atoms with E-state index in [2.05, 4.69) is 9.47 Å². The summed E-state index contributed by atoms with van der Waals surface area (Å²) in [5, 5.41) is 0. The SMILES string of the molecule is COC=CC(=O)Oc1ccccc1Oc1cccc(OC(F)(F)C(F)F)c1. The molecule has 2 rings (SSSR count). The number of carbonyl (C=O) groups excluding carboxylic acids is 1. The Morgan fingerprint density at radius 1 is 1.04 bits per heavy atom. The van der Waals surface area contributed by atoms with Crippen LogP contribution in [0.4, 0.5) is 17.6 Å². The van der Waals surface area contributed by atoms with Crippen LogP contribution < -0.4 is 14.2 Å². The van der Waals surface area contributed by atoms with Crippen molar-refractivity contribution >= 4 is 5.97 Å². The van der Waals surface area contributed by atoms with Crippen LogP contribution in [-0.2, 0) is 9.53 Å². The van der Waals surface area contributed by atoms with Gasteiger partial charge in [0, 0.05) is 6.07 Å². The molecule has 144 valence electrons. The standard InChI is InChI=1S/C18H14F4O5/c1-24-10-9-16(23)26-15-8-3-2-7-14(15)25-12-5-4-6-13(11-12)27-18(21,22)17(19)20/h2-11,17H,1H3. The lowest BCUT2D eigenvalue weighted by molar-refractivity contribution is -0.253. The van der Waals surface area contributed by atoms with Crippen LogP contribution >= 0.6 is 0 Å². The number of benzene rings is 2. The first-order valence-electron chi connectivity index (χ1n) is 7.45. The van der Waals surface area contributed by atoms with Gasteiger partial charge in [-0.25, -0.2) is 4.79 Å². The molecule has 0 aliphatic heterocycles. The topological polar surface area (TPSA) is 54.0 Å². The van der Waals surface area contributed by atoms with Crippen molar-refractivity contribution in [3.63, 3.8) is 0 Å². The monoisotopic (exact) mass is 386 g/mol. The summed E-state index contributed by atoms with van der Waals surface area (Å²) in [5.74, 6) is -1.10. The van der Waals surface area contributed by atoms with E-state index in [0.29, 0.717) is 0 Å². The van der Waals surface area contributed by atoms with E-state index in [1.54, 1.807) is 12.1 Å². The smallest absolute Gasteiger partial charge is 0.461 e. The lowest BCUT2D eigenvalue weighted by Gasteiger charge is -2.17. The second-order valence-corrected chi connectivity index (χ2v) is 4.95. The highest BCUT2D eigenvalue weighted by atomic mass is 19.3. The minimum atomic E-state index is -4.64. The zero-order chi connectivity index (χ0) is 19.9. The summed E-state index contributed by atoms with van der Waals surface area (Å²) >= 11 is 0. The number of hydrogen-bond acceptors (Lipinski definition) is 5. The Kier molecular flexibility index (Phi) is 6.64. The molecule has 5 nitrogen and oxygen atoms in total. The van der Waals surface area contributed by atoms with Crippen LogP contribution in [0.25, 0.3) is 0 Å². The molecule has 2 aromatic carbocycles. The highest BCUT2D eigenvalue weighted by Gasteiger charge is 2.44. The number of para-hydroxylation sites is 2. The van der Waals surface area contributed by atoms with Crippen molar-refractivity contribution in [3.05, 3.63) is 60.9 Å². The first-order chi connectivity index (χ1) is 12.8. The Bertz CT molecular complexity index is 808. The van der Waals surface area contributed by atoms with Crippen molar-refractivity contribution in [1.29, 1.82) is 0 Å². The molecule has 0 aromatic heterocycles. The molecule has 0 bridgehead atoms. The second kappa shape index (κ2) is 8.93. The molecule has 0 atom stereocenters. The molecule has 0 N–H and O–H groups in total. The Morgan fingerprint density at radius 2 is 1.70 bits per heavy atom. The van der Waals surface area contributed by atoms with E-state index in [1.807, 2.05) is 0 Å². The number of carbonyl (C=O) groups is 1. The van der Waals surface area contributed by atoms with Crippen molar-refractivity contribution in [2.45, 2.75) is 12.5 Å². The quantitative estimate of drug-likeness (QED) is 0.215. The number of rotatable bonds is 8. The molecule has 0 saturated carbocycles. The number of halogens is 4. The summed E-state index contributed by atoms with van der Waals surface area (Å²) < 4.78 is 69.7. The lowest BCUT2D eigenvalue weighted by atomic mass is 10.3. The van der Waals surface area contributed by atoms with E-state index in [0.717, 1.165) is 24.5 Å². The molecule has 0 aliphatic rings. The van der Waals surface area contributed by atoms with Crippen LogP contribution in [0.15, 0.2) is 60.9 Å². The van der Waals surface area contributed by atoms with Crippen LogP contribution in [0, 0.1) is 0 Å². The van der Waals surface area contributed by atoms with Gasteiger partial charge in [0.05, 0.1) is 19.4 Å². The molecule has 0 amide bonds. The molecule has 2 aromatic rings. The fourth-order valence-electron chi connectivity index (χ4n) is 1.81. The molecule has 0 fully saturated rings. The van der Waals surface area contributed by atoms with Crippen molar-refractivity contribution in [2.75, 3.05) is 7.11 Å². The molecule has 0 saturated heterocycles. The van der Waals surface area contributed by atoms with Crippen molar-refractivity contribution in [2.24, 2.45) is 0 Å². The lowest BCUT2D eigenvalue weighted by Crippen LogP contribution is -2.33. The Balaban J connectivity index is 2.17. The molecule has 27 heavy (non-hydrogen) atoms. The van der Waals surface area contributed by atoms with Crippen LogP contribution in [-0.4, -0.2) is 25.6 Å².